The van der Waals surface area contributed by atoms with Gasteiger partial charge in [-0.15, -0.1) is 13.2 Å². The molecule has 2 heterocycles. The Kier molecular flexibility index (Phi) is 4.78. The molecule has 0 bridgehead atoms. The van der Waals surface area contributed by atoms with E-state index in [-0.39, 0.29) is 27.4 Å². The summed E-state index contributed by atoms with van der Waals surface area (Å²) in [6, 6.07) is 8.00. The summed E-state index contributed by atoms with van der Waals surface area (Å²) >= 11 is 6.12. The summed E-state index contributed by atoms with van der Waals surface area (Å²) in [5.41, 5.74) is -1.78. The van der Waals surface area contributed by atoms with Crippen LogP contribution in [0.4, 0.5) is 22.0 Å². The Balaban J connectivity index is 1.94. The predicted octanol–water partition coefficient (Wildman–Crippen LogP) is 5.34. The standard InChI is InChI=1S/C20H8ClF5N4O/c21-12-2-1-9(6-27)3-11(12)14-5-16(31)18-15(29-14)4-13(22)17(19(18)23)10-7-28-30(8-10)20(24,25)26/h1-5,7-8H,(H,29,31). The number of hydrogen-bond acceptors (Lipinski definition) is 3. The minimum atomic E-state index is -4.87. The van der Waals surface area contributed by atoms with Crippen LogP contribution >= 0.6 is 11.6 Å². The number of fused-ring (bicyclic) bond motifs is 1. The van der Waals surface area contributed by atoms with E-state index in [1.54, 1.807) is 0 Å². The van der Waals surface area contributed by atoms with Crippen molar-refractivity contribution in [1.29, 1.82) is 5.26 Å². The normalized spacial score (nSPS) is 11.6. The number of rotatable bonds is 2. The number of H-pyrrole nitrogens is 1. The fraction of sp³-hybridized carbons (Fsp3) is 0.0500. The molecule has 0 aliphatic heterocycles. The number of aromatic amines is 1. The molecule has 2 aromatic heterocycles. The Bertz CT molecular complexity index is 1450. The number of hydrogen-bond donors (Lipinski definition) is 1. The summed E-state index contributed by atoms with van der Waals surface area (Å²) in [7, 11) is 0. The van der Waals surface area contributed by atoms with Gasteiger partial charge in [0.25, 0.3) is 0 Å². The molecule has 156 valence electrons. The van der Waals surface area contributed by atoms with E-state index in [0.717, 1.165) is 12.1 Å². The zero-order chi connectivity index (χ0) is 22.5. The van der Waals surface area contributed by atoms with Crippen molar-refractivity contribution in [2.45, 2.75) is 6.30 Å². The first-order valence-corrected chi connectivity index (χ1v) is 8.85. The van der Waals surface area contributed by atoms with Gasteiger partial charge in [-0.25, -0.2) is 8.78 Å². The summed E-state index contributed by atoms with van der Waals surface area (Å²) < 4.78 is 67.6. The summed E-state index contributed by atoms with van der Waals surface area (Å²) in [4.78, 5) is 15.3. The lowest BCUT2D eigenvalue weighted by Gasteiger charge is -2.10. The molecule has 0 atom stereocenters. The van der Waals surface area contributed by atoms with Gasteiger partial charge in [0.2, 0.25) is 0 Å². The van der Waals surface area contributed by atoms with Crippen LogP contribution in [-0.4, -0.2) is 14.8 Å². The van der Waals surface area contributed by atoms with Gasteiger partial charge in [-0.1, -0.05) is 11.6 Å². The van der Waals surface area contributed by atoms with E-state index in [2.05, 4.69) is 10.1 Å². The molecule has 0 radical (unpaired) electrons. The van der Waals surface area contributed by atoms with E-state index in [1.807, 2.05) is 6.07 Å². The highest BCUT2D eigenvalue weighted by Crippen LogP contribution is 2.33. The lowest BCUT2D eigenvalue weighted by molar-refractivity contribution is -0.212. The molecule has 0 unspecified atom stereocenters. The van der Waals surface area contributed by atoms with Gasteiger partial charge >= 0.3 is 6.30 Å². The fourth-order valence-corrected chi connectivity index (χ4v) is 3.36. The van der Waals surface area contributed by atoms with Crippen molar-refractivity contribution < 1.29 is 22.0 Å². The van der Waals surface area contributed by atoms with Crippen molar-refractivity contribution in [1.82, 2.24) is 14.8 Å². The first-order chi connectivity index (χ1) is 14.6. The lowest BCUT2D eigenvalue weighted by atomic mass is 10.0. The van der Waals surface area contributed by atoms with Crippen LogP contribution in [0.3, 0.4) is 0 Å². The van der Waals surface area contributed by atoms with Gasteiger partial charge in [0, 0.05) is 28.4 Å². The third kappa shape index (κ3) is 3.53. The number of benzene rings is 2. The van der Waals surface area contributed by atoms with E-state index < -0.39 is 44.6 Å². The van der Waals surface area contributed by atoms with Gasteiger partial charge in [-0.05, 0) is 24.3 Å². The van der Waals surface area contributed by atoms with Crippen molar-refractivity contribution in [2.24, 2.45) is 0 Å². The molecule has 0 spiro atoms. The number of nitrogens with one attached hydrogen (secondary N) is 1. The second-order valence-corrected chi connectivity index (χ2v) is 6.87. The van der Waals surface area contributed by atoms with Crippen molar-refractivity contribution in [3.05, 3.63) is 75.2 Å². The topological polar surface area (TPSA) is 74.5 Å². The number of nitriles is 1. The molecule has 0 saturated heterocycles. The Morgan fingerprint density at radius 3 is 2.55 bits per heavy atom. The summed E-state index contributed by atoms with van der Waals surface area (Å²) in [5, 5.41) is 11.7. The van der Waals surface area contributed by atoms with Crippen LogP contribution in [0.15, 0.2) is 47.5 Å². The average Bonchev–Trinajstić information content (AvgIpc) is 3.18. The summed E-state index contributed by atoms with van der Waals surface area (Å²) in [6.07, 6.45) is -3.80. The van der Waals surface area contributed by atoms with Gasteiger partial charge in [0.1, 0.15) is 11.6 Å². The highest BCUT2D eigenvalue weighted by Gasteiger charge is 2.32. The summed E-state index contributed by atoms with van der Waals surface area (Å²) in [5.74, 6) is -2.53. The smallest absolute Gasteiger partial charge is 0.354 e. The largest absolute Gasteiger partial charge is 0.504 e. The molecule has 0 saturated carbocycles. The molecule has 0 fully saturated rings. The zero-order valence-corrected chi connectivity index (χ0v) is 15.8. The molecule has 5 nitrogen and oxygen atoms in total. The van der Waals surface area contributed by atoms with E-state index in [1.165, 1.54) is 18.2 Å². The zero-order valence-electron chi connectivity index (χ0n) is 15.1. The fourth-order valence-electron chi connectivity index (χ4n) is 3.14. The van der Waals surface area contributed by atoms with Crippen molar-refractivity contribution in [3.63, 3.8) is 0 Å². The molecular weight excluding hydrogens is 443 g/mol. The molecule has 1 N–H and O–H groups in total. The Morgan fingerprint density at radius 1 is 1.16 bits per heavy atom. The molecule has 11 heteroatoms. The van der Waals surface area contributed by atoms with E-state index >= 15 is 4.39 Å². The quantitative estimate of drug-likeness (QED) is 0.419. The first-order valence-electron chi connectivity index (χ1n) is 8.47. The number of pyridine rings is 1. The molecular formula is C20H8ClF5N4O. The number of alkyl halides is 3. The van der Waals surface area contributed by atoms with Crippen LogP contribution in [0.25, 0.3) is 33.3 Å². The van der Waals surface area contributed by atoms with Gasteiger partial charge in [0.15, 0.2) is 5.43 Å². The van der Waals surface area contributed by atoms with E-state index in [9.17, 15) is 22.4 Å². The van der Waals surface area contributed by atoms with Crippen LogP contribution in [-0.2, 0) is 6.30 Å². The molecule has 0 aliphatic carbocycles. The van der Waals surface area contributed by atoms with Crippen LogP contribution in [0.2, 0.25) is 5.02 Å². The Morgan fingerprint density at radius 2 is 1.90 bits per heavy atom. The number of aromatic nitrogens is 3. The SMILES string of the molecule is N#Cc1ccc(Cl)c(-c2cc(=O)c3c(F)c(-c4cnn(C(F)(F)F)c4)c(F)cc3[nH]2)c1. The van der Waals surface area contributed by atoms with E-state index in [4.69, 9.17) is 16.9 Å². The molecule has 0 aliphatic rings. The van der Waals surface area contributed by atoms with Gasteiger partial charge in [0.05, 0.1) is 40.0 Å². The minimum Gasteiger partial charge on any atom is -0.354 e. The third-order valence-electron chi connectivity index (χ3n) is 4.53. The van der Waals surface area contributed by atoms with Crippen molar-refractivity contribution in [2.75, 3.05) is 0 Å². The van der Waals surface area contributed by atoms with E-state index in [0.29, 0.717) is 12.4 Å². The highest BCUT2D eigenvalue weighted by molar-refractivity contribution is 6.33. The maximum absolute atomic E-state index is 15.1. The third-order valence-corrected chi connectivity index (χ3v) is 4.86. The van der Waals surface area contributed by atoms with Crippen LogP contribution < -0.4 is 5.43 Å². The summed E-state index contributed by atoms with van der Waals surface area (Å²) in [6.45, 7) is 0. The molecule has 2 aromatic carbocycles. The van der Waals surface area contributed by atoms with Crippen molar-refractivity contribution >= 4 is 22.5 Å². The first kappa shape index (κ1) is 20.6. The number of halogens is 6. The lowest BCUT2D eigenvalue weighted by Crippen LogP contribution is -2.16. The second kappa shape index (κ2) is 7.21. The predicted molar refractivity (Wildman–Crippen MR) is 102 cm³/mol. The molecule has 4 aromatic rings. The van der Waals surface area contributed by atoms with Gasteiger partial charge in [-0.2, -0.15) is 15.0 Å². The van der Waals surface area contributed by atoms with Gasteiger partial charge in [-0.3, -0.25) is 4.79 Å². The van der Waals surface area contributed by atoms with Gasteiger partial charge < -0.3 is 4.98 Å². The molecule has 0 amide bonds. The minimum absolute atomic E-state index is 0.107. The second-order valence-electron chi connectivity index (χ2n) is 6.47. The number of nitrogens with zero attached hydrogens (tertiary/aromatic N) is 3. The van der Waals surface area contributed by atoms with Crippen molar-refractivity contribution in [3.8, 4) is 28.5 Å². The molecule has 4 rings (SSSR count). The Labute approximate surface area is 174 Å². The maximum atomic E-state index is 15.1. The Hall–Kier alpha value is -3.71. The van der Waals surface area contributed by atoms with Crippen LogP contribution in [0.5, 0.6) is 0 Å². The van der Waals surface area contributed by atoms with Crippen LogP contribution in [0.1, 0.15) is 5.56 Å². The average molecular weight is 451 g/mol. The van der Waals surface area contributed by atoms with Crippen LogP contribution in [0, 0.1) is 23.0 Å². The molecule has 31 heavy (non-hydrogen) atoms. The highest BCUT2D eigenvalue weighted by atomic mass is 35.5. The maximum Gasteiger partial charge on any atom is 0.504 e. The monoisotopic (exact) mass is 450 g/mol.